The highest BCUT2D eigenvalue weighted by Gasteiger charge is 2.31. The minimum atomic E-state index is -0.191. The van der Waals surface area contributed by atoms with Crippen molar-refractivity contribution in [2.45, 2.75) is 25.3 Å². The Labute approximate surface area is 111 Å². The van der Waals surface area contributed by atoms with Gasteiger partial charge in [0.15, 0.2) is 6.33 Å². The molecule has 1 aliphatic carbocycles. The van der Waals surface area contributed by atoms with E-state index in [4.69, 9.17) is 4.52 Å². The van der Waals surface area contributed by atoms with Crippen LogP contribution >= 0.6 is 0 Å². The van der Waals surface area contributed by atoms with E-state index in [-0.39, 0.29) is 5.82 Å². The van der Waals surface area contributed by atoms with Crippen LogP contribution in [0.25, 0.3) is 0 Å². The van der Waals surface area contributed by atoms with E-state index in [2.05, 4.69) is 15.5 Å². The topological polar surface area (TPSA) is 51.0 Å². The van der Waals surface area contributed by atoms with Crippen LogP contribution in [0.2, 0.25) is 0 Å². The second-order valence-corrected chi connectivity index (χ2v) is 4.91. The molecule has 1 atom stereocenters. The summed E-state index contributed by atoms with van der Waals surface area (Å²) in [6, 6.07) is 7.05. The first-order chi connectivity index (χ1) is 9.33. The van der Waals surface area contributed by atoms with E-state index in [1.54, 1.807) is 0 Å². The van der Waals surface area contributed by atoms with Crippen molar-refractivity contribution < 1.29 is 8.91 Å². The summed E-state index contributed by atoms with van der Waals surface area (Å²) in [6.45, 7) is 0.779. The quantitative estimate of drug-likeness (QED) is 0.868. The van der Waals surface area contributed by atoms with Crippen LogP contribution in [0.15, 0.2) is 35.1 Å². The zero-order chi connectivity index (χ0) is 13.1. The fourth-order valence-electron chi connectivity index (χ4n) is 2.30. The highest BCUT2D eigenvalue weighted by atomic mass is 19.1. The Kier molecular flexibility index (Phi) is 3.55. The number of benzene rings is 1. The molecule has 1 heterocycles. The van der Waals surface area contributed by atoms with Gasteiger partial charge in [-0.25, -0.2) is 4.39 Å². The van der Waals surface area contributed by atoms with Crippen LogP contribution in [0.5, 0.6) is 0 Å². The highest BCUT2D eigenvalue weighted by molar-refractivity contribution is 5.22. The molecule has 1 aromatic heterocycles. The van der Waals surface area contributed by atoms with Crippen LogP contribution in [-0.2, 0) is 6.42 Å². The molecule has 0 aliphatic heterocycles. The van der Waals surface area contributed by atoms with Crippen molar-refractivity contribution in [3.05, 3.63) is 47.9 Å². The van der Waals surface area contributed by atoms with Crippen molar-refractivity contribution in [1.82, 2.24) is 15.5 Å². The van der Waals surface area contributed by atoms with Crippen LogP contribution < -0.4 is 5.32 Å². The Hall–Kier alpha value is -1.75. The predicted octanol–water partition coefficient (Wildman–Crippen LogP) is 2.49. The lowest BCUT2D eigenvalue weighted by Crippen LogP contribution is -2.25. The first-order valence-electron chi connectivity index (χ1n) is 6.57. The summed E-state index contributed by atoms with van der Waals surface area (Å²) in [7, 11) is 0. The van der Waals surface area contributed by atoms with E-state index < -0.39 is 0 Å². The summed E-state index contributed by atoms with van der Waals surface area (Å²) in [4.78, 5) is 3.99. The van der Waals surface area contributed by atoms with Crippen LogP contribution in [0.3, 0.4) is 0 Å². The van der Waals surface area contributed by atoms with Gasteiger partial charge in [0.25, 0.3) is 0 Å². The number of nitrogens with zero attached hydrogens (tertiary/aromatic N) is 2. The van der Waals surface area contributed by atoms with Crippen LogP contribution in [0, 0.1) is 11.7 Å². The molecule has 0 radical (unpaired) electrons. The molecule has 100 valence electrons. The third kappa shape index (κ3) is 3.17. The van der Waals surface area contributed by atoms with Crippen LogP contribution in [0.1, 0.15) is 30.3 Å². The zero-order valence-electron chi connectivity index (χ0n) is 10.6. The fraction of sp³-hybridized carbons (Fsp3) is 0.429. The van der Waals surface area contributed by atoms with E-state index in [1.165, 1.54) is 31.3 Å². The maximum atomic E-state index is 13.0. The third-order valence-corrected chi connectivity index (χ3v) is 3.43. The SMILES string of the molecule is Fc1ccc(C(NCCc2ncno2)C2CC2)cc1. The van der Waals surface area contributed by atoms with Gasteiger partial charge in [0.1, 0.15) is 5.82 Å². The molecule has 1 aliphatic rings. The van der Waals surface area contributed by atoms with Gasteiger partial charge in [-0.1, -0.05) is 17.3 Å². The molecule has 0 saturated heterocycles. The number of halogens is 1. The Morgan fingerprint density at radius 1 is 1.32 bits per heavy atom. The summed E-state index contributed by atoms with van der Waals surface area (Å²) >= 11 is 0. The first kappa shape index (κ1) is 12.3. The third-order valence-electron chi connectivity index (χ3n) is 3.43. The van der Waals surface area contributed by atoms with Crippen LogP contribution in [-0.4, -0.2) is 16.7 Å². The standard InChI is InChI=1S/C14H16FN3O/c15-12-5-3-11(4-6-12)14(10-1-2-10)16-8-7-13-17-9-18-19-13/h3-6,9-10,14,16H,1-2,7-8H2. The van der Waals surface area contributed by atoms with Crippen molar-refractivity contribution >= 4 is 0 Å². The van der Waals surface area contributed by atoms with Gasteiger partial charge in [0.2, 0.25) is 5.89 Å². The van der Waals surface area contributed by atoms with Gasteiger partial charge in [-0.15, -0.1) is 0 Å². The molecule has 1 N–H and O–H groups in total. The van der Waals surface area contributed by atoms with E-state index in [0.29, 0.717) is 24.3 Å². The van der Waals surface area contributed by atoms with Gasteiger partial charge in [0.05, 0.1) is 0 Å². The van der Waals surface area contributed by atoms with Gasteiger partial charge >= 0.3 is 0 Å². The van der Waals surface area contributed by atoms with Gasteiger partial charge in [-0.2, -0.15) is 4.98 Å². The first-order valence-corrected chi connectivity index (χ1v) is 6.57. The maximum absolute atomic E-state index is 13.0. The van der Waals surface area contributed by atoms with Crippen LogP contribution in [0.4, 0.5) is 4.39 Å². The molecule has 4 nitrogen and oxygen atoms in total. The number of aromatic nitrogens is 2. The molecule has 3 rings (SSSR count). The summed E-state index contributed by atoms with van der Waals surface area (Å²) < 4.78 is 17.9. The van der Waals surface area contributed by atoms with Crippen molar-refractivity contribution in [3.63, 3.8) is 0 Å². The monoisotopic (exact) mass is 261 g/mol. The molecule has 1 fully saturated rings. The highest BCUT2D eigenvalue weighted by Crippen LogP contribution is 2.40. The maximum Gasteiger partial charge on any atom is 0.227 e. The minimum absolute atomic E-state index is 0.191. The van der Waals surface area contributed by atoms with E-state index in [0.717, 1.165) is 12.1 Å². The Bertz CT molecular complexity index is 508. The average molecular weight is 261 g/mol. The molecule has 0 spiro atoms. The van der Waals surface area contributed by atoms with E-state index >= 15 is 0 Å². The number of hydrogen-bond acceptors (Lipinski definition) is 4. The lowest BCUT2D eigenvalue weighted by Gasteiger charge is -2.18. The molecule has 1 aromatic carbocycles. The normalized spacial score (nSPS) is 16.5. The lowest BCUT2D eigenvalue weighted by molar-refractivity contribution is 0.369. The number of hydrogen-bond donors (Lipinski definition) is 1. The summed E-state index contributed by atoms with van der Waals surface area (Å²) in [5.41, 5.74) is 1.15. The molecule has 5 heteroatoms. The Morgan fingerprint density at radius 2 is 2.11 bits per heavy atom. The number of rotatable bonds is 6. The molecule has 1 saturated carbocycles. The molecule has 1 unspecified atom stereocenters. The van der Waals surface area contributed by atoms with Crippen molar-refractivity contribution in [2.75, 3.05) is 6.54 Å². The lowest BCUT2D eigenvalue weighted by atomic mass is 10.0. The van der Waals surface area contributed by atoms with E-state index in [1.807, 2.05) is 12.1 Å². The molecule has 0 amide bonds. The summed E-state index contributed by atoms with van der Waals surface area (Å²) in [5, 5.41) is 7.09. The van der Waals surface area contributed by atoms with Gasteiger partial charge < -0.3 is 9.84 Å². The summed E-state index contributed by atoms with van der Waals surface area (Å²) in [5.74, 6) is 1.11. The van der Waals surface area contributed by atoms with Crippen molar-refractivity contribution in [1.29, 1.82) is 0 Å². The fourth-order valence-corrected chi connectivity index (χ4v) is 2.30. The van der Waals surface area contributed by atoms with Gasteiger partial charge in [-0.3, -0.25) is 0 Å². The predicted molar refractivity (Wildman–Crippen MR) is 67.9 cm³/mol. The largest absolute Gasteiger partial charge is 0.340 e. The second kappa shape index (κ2) is 5.48. The van der Waals surface area contributed by atoms with E-state index in [9.17, 15) is 4.39 Å². The number of nitrogens with one attached hydrogen (secondary N) is 1. The summed E-state index contributed by atoms with van der Waals surface area (Å²) in [6.07, 6.45) is 4.59. The molecule has 19 heavy (non-hydrogen) atoms. The molecule has 0 bridgehead atoms. The Morgan fingerprint density at radius 3 is 2.74 bits per heavy atom. The molecular weight excluding hydrogens is 245 g/mol. The van der Waals surface area contributed by atoms with Gasteiger partial charge in [0, 0.05) is 19.0 Å². The average Bonchev–Trinajstić information content (AvgIpc) is 3.13. The second-order valence-electron chi connectivity index (χ2n) is 4.91. The molecule has 2 aromatic rings. The Balaban J connectivity index is 1.60. The molecular formula is C14H16FN3O. The van der Waals surface area contributed by atoms with Gasteiger partial charge in [-0.05, 0) is 36.5 Å². The van der Waals surface area contributed by atoms with Crippen molar-refractivity contribution in [3.8, 4) is 0 Å². The van der Waals surface area contributed by atoms with Crippen molar-refractivity contribution in [2.24, 2.45) is 5.92 Å². The minimum Gasteiger partial charge on any atom is -0.340 e. The zero-order valence-corrected chi connectivity index (χ0v) is 10.6. The smallest absolute Gasteiger partial charge is 0.227 e.